The normalized spacial score (nSPS) is 17.2. The van der Waals surface area contributed by atoms with Gasteiger partial charge in [0, 0.05) is 38.9 Å². The van der Waals surface area contributed by atoms with Crippen molar-refractivity contribution in [1.29, 1.82) is 0 Å². The van der Waals surface area contributed by atoms with Crippen LogP contribution in [0.4, 0.5) is 0 Å². The van der Waals surface area contributed by atoms with Crippen molar-refractivity contribution in [1.82, 2.24) is 20.0 Å². The lowest BCUT2D eigenvalue weighted by Crippen LogP contribution is -2.48. The highest BCUT2D eigenvalue weighted by molar-refractivity contribution is 14.0. The van der Waals surface area contributed by atoms with Crippen molar-refractivity contribution in [2.75, 3.05) is 33.3 Å². The third-order valence-corrected chi connectivity index (χ3v) is 5.23. The van der Waals surface area contributed by atoms with E-state index in [2.05, 4.69) is 62.8 Å². The molecular weight excluding hydrogens is 477 g/mol. The van der Waals surface area contributed by atoms with Gasteiger partial charge < -0.3 is 15.0 Å². The molecule has 1 unspecified atom stereocenters. The number of rotatable bonds is 4. The Hall–Kier alpha value is -2.13. The van der Waals surface area contributed by atoms with Crippen molar-refractivity contribution in [3.8, 4) is 0 Å². The molecule has 3 aromatic rings. The first-order valence-electron chi connectivity index (χ1n) is 9.77. The number of halogens is 1. The van der Waals surface area contributed by atoms with Crippen LogP contribution < -0.4 is 5.32 Å². The summed E-state index contributed by atoms with van der Waals surface area (Å²) in [6, 6.07) is 15.1. The van der Waals surface area contributed by atoms with Crippen LogP contribution in [0.5, 0.6) is 0 Å². The molecule has 0 bridgehead atoms. The van der Waals surface area contributed by atoms with Crippen LogP contribution in [-0.4, -0.2) is 53.9 Å². The number of nitrogens with zero attached hydrogens (tertiary/aromatic N) is 4. The topological polar surface area (TPSA) is 54.7 Å². The quantitative estimate of drug-likeness (QED) is 0.336. The van der Waals surface area contributed by atoms with Crippen LogP contribution in [-0.2, 0) is 18.2 Å². The second-order valence-corrected chi connectivity index (χ2v) is 7.12. The fourth-order valence-electron chi connectivity index (χ4n) is 3.80. The van der Waals surface area contributed by atoms with Crippen molar-refractivity contribution in [2.45, 2.75) is 12.5 Å². The van der Waals surface area contributed by atoms with Crippen molar-refractivity contribution >= 4 is 40.7 Å². The number of nitrogens with one attached hydrogen (secondary N) is 1. The van der Waals surface area contributed by atoms with Gasteiger partial charge in [0.2, 0.25) is 0 Å². The van der Waals surface area contributed by atoms with Gasteiger partial charge in [0.15, 0.2) is 5.96 Å². The van der Waals surface area contributed by atoms with Gasteiger partial charge in [-0.05, 0) is 22.8 Å². The van der Waals surface area contributed by atoms with E-state index in [1.165, 1.54) is 16.3 Å². The smallest absolute Gasteiger partial charge is 0.193 e. The second-order valence-electron chi connectivity index (χ2n) is 7.12. The molecule has 0 amide bonds. The number of aromatic nitrogens is 2. The van der Waals surface area contributed by atoms with E-state index in [0.717, 1.165) is 37.6 Å². The highest BCUT2D eigenvalue weighted by Crippen LogP contribution is 2.22. The summed E-state index contributed by atoms with van der Waals surface area (Å²) >= 11 is 0. The lowest BCUT2D eigenvalue weighted by molar-refractivity contribution is -0.00800. The molecule has 0 radical (unpaired) electrons. The Kier molecular flexibility index (Phi) is 7.49. The minimum absolute atomic E-state index is 0. The maximum Gasteiger partial charge on any atom is 0.193 e. The number of hydrogen-bond acceptors (Lipinski definition) is 3. The maximum atomic E-state index is 5.95. The second kappa shape index (κ2) is 10.1. The first kappa shape index (κ1) is 21.6. The zero-order valence-corrected chi connectivity index (χ0v) is 19.2. The molecular formula is C22H28IN5O. The molecule has 6 nitrogen and oxygen atoms in total. The van der Waals surface area contributed by atoms with E-state index >= 15 is 0 Å². The Morgan fingerprint density at radius 1 is 1.24 bits per heavy atom. The molecule has 1 saturated heterocycles. The fourth-order valence-corrected chi connectivity index (χ4v) is 3.80. The molecule has 0 spiro atoms. The number of aliphatic imine (C=N–C) groups is 1. The van der Waals surface area contributed by atoms with Gasteiger partial charge in [-0.2, -0.15) is 5.10 Å². The summed E-state index contributed by atoms with van der Waals surface area (Å²) in [6.45, 7) is 3.14. The first-order chi connectivity index (χ1) is 13.7. The minimum Gasteiger partial charge on any atom is -0.370 e. The summed E-state index contributed by atoms with van der Waals surface area (Å²) < 4.78 is 7.76. The van der Waals surface area contributed by atoms with Crippen LogP contribution in [0.3, 0.4) is 0 Å². The van der Waals surface area contributed by atoms with Gasteiger partial charge in [-0.3, -0.25) is 9.67 Å². The van der Waals surface area contributed by atoms with E-state index in [4.69, 9.17) is 4.74 Å². The van der Waals surface area contributed by atoms with Crippen molar-refractivity contribution in [3.63, 3.8) is 0 Å². The van der Waals surface area contributed by atoms with Gasteiger partial charge in [-0.25, -0.2) is 0 Å². The summed E-state index contributed by atoms with van der Waals surface area (Å²) in [7, 11) is 3.77. The molecule has 1 aliphatic heterocycles. The van der Waals surface area contributed by atoms with E-state index in [0.29, 0.717) is 6.61 Å². The Bertz CT molecular complexity index is 965. The van der Waals surface area contributed by atoms with Crippen LogP contribution in [0.1, 0.15) is 17.2 Å². The van der Waals surface area contributed by atoms with Crippen molar-refractivity contribution in [2.24, 2.45) is 12.0 Å². The number of benzene rings is 2. The molecule has 29 heavy (non-hydrogen) atoms. The number of hydrogen-bond donors (Lipinski definition) is 1. The molecule has 0 aliphatic carbocycles. The first-order valence-corrected chi connectivity index (χ1v) is 9.77. The van der Waals surface area contributed by atoms with E-state index in [1.807, 2.05) is 31.2 Å². The average Bonchev–Trinajstić information content (AvgIpc) is 3.18. The molecule has 1 aliphatic rings. The van der Waals surface area contributed by atoms with Gasteiger partial charge >= 0.3 is 0 Å². The molecule has 0 saturated carbocycles. The predicted octanol–water partition coefficient (Wildman–Crippen LogP) is 3.38. The Morgan fingerprint density at radius 3 is 2.86 bits per heavy atom. The fraction of sp³-hybridized carbons (Fsp3) is 0.364. The van der Waals surface area contributed by atoms with Crippen molar-refractivity contribution in [3.05, 3.63) is 66.0 Å². The van der Waals surface area contributed by atoms with E-state index in [9.17, 15) is 0 Å². The van der Waals surface area contributed by atoms with Crippen LogP contribution >= 0.6 is 24.0 Å². The molecule has 4 rings (SSSR count). The number of guanidine groups is 1. The number of aryl methyl sites for hydroxylation is 1. The van der Waals surface area contributed by atoms with E-state index in [-0.39, 0.29) is 30.1 Å². The molecule has 1 N–H and O–H groups in total. The summed E-state index contributed by atoms with van der Waals surface area (Å²) in [4.78, 5) is 6.76. The SMILES string of the molecule is CN=C(NCCc1cccc2ccccc12)N1CCOC(c2cnn(C)c2)C1.I. The highest BCUT2D eigenvalue weighted by Gasteiger charge is 2.25. The molecule has 7 heteroatoms. The standard InChI is InChI=1S/C22H27N5O.HI/c1-23-22(27-12-13-28-21(16-27)19-14-25-26(2)15-19)24-11-10-18-8-5-7-17-6-3-4-9-20(17)18;/h3-9,14-15,21H,10-13,16H2,1-2H3,(H,23,24);1H. The maximum absolute atomic E-state index is 5.95. The van der Waals surface area contributed by atoms with E-state index < -0.39 is 0 Å². The largest absolute Gasteiger partial charge is 0.370 e. The zero-order chi connectivity index (χ0) is 19.3. The predicted molar refractivity (Wildman–Crippen MR) is 128 cm³/mol. The zero-order valence-electron chi connectivity index (χ0n) is 16.9. The van der Waals surface area contributed by atoms with Gasteiger partial charge in [0.1, 0.15) is 6.10 Å². The summed E-state index contributed by atoms with van der Waals surface area (Å²) in [6.07, 6.45) is 4.88. The molecule has 1 fully saturated rings. The monoisotopic (exact) mass is 505 g/mol. The molecule has 2 aromatic carbocycles. The van der Waals surface area contributed by atoms with Crippen LogP contribution in [0, 0.1) is 0 Å². The van der Waals surface area contributed by atoms with Crippen LogP contribution in [0.15, 0.2) is 59.9 Å². The third-order valence-electron chi connectivity index (χ3n) is 5.23. The number of ether oxygens (including phenoxy) is 1. The van der Waals surface area contributed by atoms with Gasteiger partial charge in [0.25, 0.3) is 0 Å². The third kappa shape index (κ3) is 5.08. The Morgan fingerprint density at radius 2 is 2.07 bits per heavy atom. The Balaban J connectivity index is 0.00000240. The van der Waals surface area contributed by atoms with Gasteiger partial charge in [0.05, 0.1) is 19.3 Å². The summed E-state index contributed by atoms with van der Waals surface area (Å²) in [5.74, 6) is 0.928. The van der Waals surface area contributed by atoms with Gasteiger partial charge in [-0.1, -0.05) is 42.5 Å². The molecule has 1 atom stereocenters. The molecule has 154 valence electrons. The van der Waals surface area contributed by atoms with E-state index in [1.54, 1.807) is 0 Å². The summed E-state index contributed by atoms with van der Waals surface area (Å²) in [5, 5.41) is 10.4. The Labute approximate surface area is 189 Å². The lowest BCUT2D eigenvalue weighted by atomic mass is 10.0. The summed E-state index contributed by atoms with van der Waals surface area (Å²) in [5.41, 5.74) is 2.47. The van der Waals surface area contributed by atoms with Crippen molar-refractivity contribution < 1.29 is 4.74 Å². The minimum atomic E-state index is 0. The number of fused-ring (bicyclic) bond motifs is 1. The van der Waals surface area contributed by atoms with Crippen LogP contribution in [0.2, 0.25) is 0 Å². The molecule has 2 heterocycles. The molecule has 1 aromatic heterocycles. The average molecular weight is 505 g/mol. The number of morpholine rings is 1. The highest BCUT2D eigenvalue weighted by atomic mass is 127. The van der Waals surface area contributed by atoms with Crippen LogP contribution in [0.25, 0.3) is 10.8 Å². The van der Waals surface area contributed by atoms with Gasteiger partial charge in [-0.15, -0.1) is 24.0 Å². The lowest BCUT2D eigenvalue weighted by Gasteiger charge is -2.34.